The maximum absolute atomic E-state index is 11.7. The molecule has 0 saturated carbocycles. The van der Waals surface area contributed by atoms with Crippen LogP contribution in [0, 0.1) is 11.3 Å². The first kappa shape index (κ1) is 11.5. The molecule has 0 saturated heterocycles. The topological polar surface area (TPSA) is 75.6 Å². The van der Waals surface area contributed by atoms with Crippen molar-refractivity contribution in [1.29, 1.82) is 0 Å². The Kier molecular flexibility index (Phi) is 3.26. The minimum Gasteiger partial charge on any atom is -0.481 e. The first-order valence-corrected chi connectivity index (χ1v) is 4.44. The molecule has 0 spiro atoms. The van der Waals surface area contributed by atoms with Crippen molar-refractivity contribution < 1.29 is 19.5 Å². The van der Waals surface area contributed by atoms with Crippen molar-refractivity contribution in [1.82, 2.24) is 5.48 Å². The van der Waals surface area contributed by atoms with Crippen molar-refractivity contribution in [2.75, 3.05) is 7.11 Å². The van der Waals surface area contributed by atoms with Gasteiger partial charge in [0.05, 0.1) is 18.4 Å². The van der Waals surface area contributed by atoms with Gasteiger partial charge in [0.2, 0.25) is 0 Å². The molecular formula is C10H13NO4. The van der Waals surface area contributed by atoms with Gasteiger partial charge in [0.1, 0.15) is 0 Å². The summed E-state index contributed by atoms with van der Waals surface area (Å²) >= 11 is 0. The molecule has 1 rings (SSSR count). The lowest BCUT2D eigenvalue weighted by Gasteiger charge is -2.30. The summed E-state index contributed by atoms with van der Waals surface area (Å²) in [7, 11) is 1.30. The number of carbonyl (C=O) groups is 2. The van der Waals surface area contributed by atoms with Crippen LogP contribution in [-0.2, 0) is 14.4 Å². The van der Waals surface area contributed by atoms with Crippen LogP contribution < -0.4 is 5.48 Å². The van der Waals surface area contributed by atoms with Gasteiger partial charge in [0.15, 0.2) is 0 Å². The summed E-state index contributed by atoms with van der Waals surface area (Å²) in [5.41, 5.74) is 1.04. The number of hydrogen-bond acceptors (Lipinski definition) is 3. The van der Waals surface area contributed by atoms with Crippen LogP contribution in [0.1, 0.15) is 6.92 Å². The van der Waals surface area contributed by atoms with Gasteiger partial charge in [-0.3, -0.25) is 14.4 Å². The largest absolute Gasteiger partial charge is 0.481 e. The van der Waals surface area contributed by atoms with Crippen LogP contribution in [0.25, 0.3) is 0 Å². The number of nitrogens with one attached hydrogen (secondary N) is 1. The quantitative estimate of drug-likeness (QED) is 0.666. The minimum absolute atomic E-state index is 0.474. The van der Waals surface area contributed by atoms with Crippen LogP contribution in [0.5, 0.6) is 0 Å². The Hall–Kier alpha value is -1.62. The van der Waals surface area contributed by atoms with Crippen LogP contribution in [0.2, 0.25) is 0 Å². The number of rotatable bonds is 3. The third kappa shape index (κ3) is 2.07. The van der Waals surface area contributed by atoms with Gasteiger partial charge < -0.3 is 5.11 Å². The molecule has 0 fully saturated rings. The summed E-state index contributed by atoms with van der Waals surface area (Å²) in [6.07, 6.45) is 6.30. The Labute approximate surface area is 87.4 Å². The second kappa shape index (κ2) is 4.27. The number of amides is 1. The average molecular weight is 211 g/mol. The van der Waals surface area contributed by atoms with Crippen molar-refractivity contribution in [2.24, 2.45) is 11.3 Å². The predicted octanol–water partition coefficient (Wildman–Crippen LogP) is 0.497. The van der Waals surface area contributed by atoms with Crippen LogP contribution in [0.4, 0.5) is 0 Å². The zero-order chi connectivity index (χ0) is 11.5. The molecule has 1 aliphatic carbocycles. The van der Waals surface area contributed by atoms with E-state index in [2.05, 4.69) is 10.3 Å². The summed E-state index contributed by atoms with van der Waals surface area (Å²) in [5, 5.41) is 8.99. The van der Waals surface area contributed by atoms with E-state index in [0.29, 0.717) is 0 Å². The SMILES string of the molecule is CONC(=O)C1(C)C=CC=CC1C(=O)O. The normalized spacial score (nSPS) is 28.8. The lowest BCUT2D eigenvalue weighted by atomic mass is 9.74. The fourth-order valence-corrected chi connectivity index (χ4v) is 1.49. The molecule has 0 aromatic rings. The Morgan fingerprint density at radius 2 is 2.13 bits per heavy atom. The molecule has 2 unspecified atom stereocenters. The molecule has 15 heavy (non-hydrogen) atoms. The molecule has 2 atom stereocenters. The van der Waals surface area contributed by atoms with Gasteiger partial charge in [-0.15, -0.1) is 0 Å². The molecular weight excluding hydrogens is 198 g/mol. The lowest BCUT2D eigenvalue weighted by molar-refractivity contribution is -0.151. The molecule has 0 aromatic heterocycles. The van der Waals surface area contributed by atoms with E-state index in [1.807, 2.05) is 0 Å². The smallest absolute Gasteiger partial charge is 0.311 e. The summed E-state index contributed by atoms with van der Waals surface area (Å²) in [4.78, 5) is 27.1. The molecule has 0 heterocycles. The molecule has 2 N–H and O–H groups in total. The van der Waals surface area contributed by atoms with Gasteiger partial charge in [0, 0.05) is 0 Å². The van der Waals surface area contributed by atoms with E-state index >= 15 is 0 Å². The number of hydrogen-bond donors (Lipinski definition) is 2. The van der Waals surface area contributed by atoms with Crippen molar-refractivity contribution in [3.05, 3.63) is 24.3 Å². The fraction of sp³-hybridized carbons (Fsp3) is 0.400. The number of carboxylic acid groups (broad SMARTS) is 1. The monoisotopic (exact) mass is 211 g/mol. The molecule has 0 radical (unpaired) electrons. The fourth-order valence-electron chi connectivity index (χ4n) is 1.49. The number of carbonyl (C=O) groups excluding carboxylic acids is 1. The minimum atomic E-state index is -1.11. The third-order valence-electron chi connectivity index (χ3n) is 2.45. The van der Waals surface area contributed by atoms with E-state index in [-0.39, 0.29) is 0 Å². The molecule has 5 heteroatoms. The average Bonchev–Trinajstić information content (AvgIpc) is 2.18. The zero-order valence-corrected chi connectivity index (χ0v) is 8.56. The van der Waals surface area contributed by atoms with E-state index in [9.17, 15) is 9.59 Å². The third-order valence-corrected chi connectivity index (χ3v) is 2.45. The Balaban J connectivity index is 2.98. The van der Waals surface area contributed by atoms with Gasteiger partial charge in [-0.05, 0) is 6.92 Å². The van der Waals surface area contributed by atoms with Gasteiger partial charge in [-0.2, -0.15) is 0 Å². The van der Waals surface area contributed by atoms with E-state index < -0.39 is 23.2 Å². The maximum Gasteiger partial charge on any atom is 0.311 e. The number of allylic oxidation sites excluding steroid dienone is 2. The Bertz CT molecular complexity index is 334. The molecule has 1 amide bonds. The van der Waals surface area contributed by atoms with E-state index in [1.54, 1.807) is 25.2 Å². The van der Waals surface area contributed by atoms with Crippen LogP contribution in [-0.4, -0.2) is 24.1 Å². The first-order valence-electron chi connectivity index (χ1n) is 4.44. The zero-order valence-electron chi connectivity index (χ0n) is 8.56. The van der Waals surface area contributed by atoms with Crippen LogP contribution >= 0.6 is 0 Å². The summed E-state index contributed by atoms with van der Waals surface area (Å²) in [6.45, 7) is 1.56. The van der Waals surface area contributed by atoms with Crippen molar-refractivity contribution in [2.45, 2.75) is 6.92 Å². The molecule has 5 nitrogen and oxygen atoms in total. The predicted molar refractivity (Wildman–Crippen MR) is 52.7 cm³/mol. The highest BCUT2D eigenvalue weighted by atomic mass is 16.6. The van der Waals surface area contributed by atoms with Crippen LogP contribution in [0.15, 0.2) is 24.3 Å². The van der Waals surface area contributed by atoms with E-state index in [4.69, 9.17) is 5.11 Å². The summed E-state index contributed by atoms with van der Waals surface area (Å²) in [5.74, 6) is -2.39. The van der Waals surface area contributed by atoms with Gasteiger partial charge in [-0.25, -0.2) is 5.48 Å². The number of hydroxylamine groups is 1. The number of aliphatic carboxylic acids is 1. The summed E-state index contributed by atoms with van der Waals surface area (Å²) < 4.78 is 0. The second-order valence-corrected chi connectivity index (χ2v) is 3.48. The maximum atomic E-state index is 11.7. The Morgan fingerprint density at radius 3 is 2.67 bits per heavy atom. The highest BCUT2D eigenvalue weighted by Crippen LogP contribution is 2.33. The first-order chi connectivity index (χ1) is 7.02. The van der Waals surface area contributed by atoms with Gasteiger partial charge in [0.25, 0.3) is 5.91 Å². The Morgan fingerprint density at radius 1 is 1.47 bits per heavy atom. The van der Waals surface area contributed by atoms with Crippen LogP contribution in [0.3, 0.4) is 0 Å². The summed E-state index contributed by atoms with van der Waals surface area (Å²) in [6, 6.07) is 0. The highest BCUT2D eigenvalue weighted by molar-refractivity contribution is 5.90. The second-order valence-electron chi connectivity index (χ2n) is 3.48. The van der Waals surface area contributed by atoms with Gasteiger partial charge >= 0.3 is 5.97 Å². The molecule has 0 bridgehead atoms. The standard InChI is InChI=1S/C10H13NO4/c1-10(9(14)11-15-2)6-4-3-5-7(10)8(12)13/h3-7H,1-2H3,(H,11,14)(H,12,13). The van der Waals surface area contributed by atoms with Crippen molar-refractivity contribution in [3.63, 3.8) is 0 Å². The molecule has 82 valence electrons. The highest BCUT2D eigenvalue weighted by Gasteiger charge is 2.43. The van der Waals surface area contributed by atoms with Crippen molar-refractivity contribution in [3.8, 4) is 0 Å². The lowest BCUT2D eigenvalue weighted by Crippen LogP contribution is -2.45. The molecule has 1 aliphatic rings. The van der Waals surface area contributed by atoms with E-state index in [1.165, 1.54) is 13.2 Å². The van der Waals surface area contributed by atoms with Gasteiger partial charge in [-0.1, -0.05) is 24.3 Å². The van der Waals surface area contributed by atoms with E-state index in [0.717, 1.165) is 0 Å². The van der Waals surface area contributed by atoms with Crippen molar-refractivity contribution >= 4 is 11.9 Å². The molecule has 0 aliphatic heterocycles. The number of carboxylic acids is 1. The molecule has 0 aromatic carbocycles.